The van der Waals surface area contributed by atoms with E-state index in [1.165, 1.54) is 51.4 Å². The summed E-state index contributed by atoms with van der Waals surface area (Å²) in [7, 11) is 0. The number of phenols is 1. The summed E-state index contributed by atoms with van der Waals surface area (Å²) < 4.78 is 5.97. The summed E-state index contributed by atoms with van der Waals surface area (Å²) >= 11 is 0. The molecule has 0 bridgehead atoms. The molecule has 0 aromatic heterocycles. The molecule has 1 aromatic carbocycles. The van der Waals surface area contributed by atoms with Crippen LogP contribution in [0.1, 0.15) is 122 Å². The highest BCUT2D eigenvalue weighted by Gasteiger charge is 2.15. The Kier molecular flexibility index (Phi) is 14.9. The van der Waals surface area contributed by atoms with Crippen molar-refractivity contribution in [3.8, 4) is 11.5 Å². The monoisotopic (exact) mass is 419 g/mol. The number of aromatic hydroxyl groups is 1. The number of nitrogens with zero attached hydrogens (tertiary/aromatic N) is 1. The third-order valence-corrected chi connectivity index (χ3v) is 5.68. The minimum atomic E-state index is 0.148. The van der Waals surface area contributed by atoms with Gasteiger partial charge in [0.1, 0.15) is 11.5 Å². The smallest absolute Gasteiger partial charge is 0.128 e. The van der Waals surface area contributed by atoms with E-state index in [2.05, 4.69) is 25.9 Å². The lowest BCUT2D eigenvalue weighted by atomic mass is 9.97. The van der Waals surface area contributed by atoms with Crippen LogP contribution in [0.2, 0.25) is 0 Å². The molecular formula is C26H45NO3. The molecule has 30 heavy (non-hydrogen) atoms. The maximum Gasteiger partial charge on any atom is 0.128 e. The predicted octanol–water partition coefficient (Wildman–Crippen LogP) is 8.01. The second-order valence-electron chi connectivity index (χ2n) is 8.41. The lowest BCUT2D eigenvalue weighted by Gasteiger charge is -2.15. The van der Waals surface area contributed by atoms with Crippen molar-refractivity contribution in [1.82, 2.24) is 0 Å². The Morgan fingerprint density at radius 3 is 2.03 bits per heavy atom. The van der Waals surface area contributed by atoms with Gasteiger partial charge in [-0.3, -0.25) is 0 Å². The summed E-state index contributed by atoms with van der Waals surface area (Å²) in [6.45, 7) is 7.25. The summed E-state index contributed by atoms with van der Waals surface area (Å²) in [5.41, 5.74) is 2.34. The second-order valence-corrected chi connectivity index (χ2v) is 8.41. The molecule has 0 fully saturated rings. The van der Waals surface area contributed by atoms with E-state index in [9.17, 15) is 10.3 Å². The van der Waals surface area contributed by atoms with Crippen LogP contribution in [0, 0.1) is 0 Å². The fourth-order valence-corrected chi connectivity index (χ4v) is 3.73. The van der Waals surface area contributed by atoms with E-state index < -0.39 is 0 Å². The molecule has 0 amide bonds. The molecule has 0 aliphatic rings. The van der Waals surface area contributed by atoms with Gasteiger partial charge in [-0.05, 0) is 43.7 Å². The molecule has 1 aromatic rings. The number of ether oxygens (including phenoxy) is 1. The van der Waals surface area contributed by atoms with Gasteiger partial charge in [-0.2, -0.15) is 0 Å². The van der Waals surface area contributed by atoms with Crippen LogP contribution in [0.25, 0.3) is 0 Å². The van der Waals surface area contributed by atoms with E-state index in [0.29, 0.717) is 24.3 Å². The number of rotatable bonds is 18. The summed E-state index contributed by atoms with van der Waals surface area (Å²) in [6.07, 6.45) is 16.9. The van der Waals surface area contributed by atoms with Gasteiger partial charge in [0.15, 0.2) is 0 Å². The Morgan fingerprint density at radius 1 is 0.800 bits per heavy atom. The van der Waals surface area contributed by atoms with E-state index in [4.69, 9.17) is 4.74 Å². The largest absolute Gasteiger partial charge is 0.507 e. The number of benzene rings is 1. The van der Waals surface area contributed by atoms with Gasteiger partial charge in [-0.25, -0.2) is 0 Å². The Morgan fingerprint density at radius 2 is 1.40 bits per heavy atom. The lowest BCUT2D eigenvalue weighted by molar-refractivity contribution is 0.304. The number of oxime groups is 1. The SMILES string of the molecule is CCCCCCCCCC(=NO)c1cc(CCCCCC)c(OCCCC)cc1O. The molecule has 0 spiro atoms. The topological polar surface area (TPSA) is 62.1 Å². The summed E-state index contributed by atoms with van der Waals surface area (Å²) in [4.78, 5) is 0. The normalized spacial score (nSPS) is 11.8. The van der Waals surface area contributed by atoms with Crippen molar-refractivity contribution in [2.24, 2.45) is 5.16 Å². The molecule has 4 heteroatoms. The van der Waals surface area contributed by atoms with Crippen LogP contribution in [-0.4, -0.2) is 22.6 Å². The van der Waals surface area contributed by atoms with E-state index in [0.717, 1.165) is 49.8 Å². The van der Waals surface area contributed by atoms with E-state index in [-0.39, 0.29) is 5.75 Å². The maximum atomic E-state index is 10.6. The Hall–Kier alpha value is -1.71. The molecular weight excluding hydrogens is 374 g/mol. The van der Waals surface area contributed by atoms with Gasteiger partial charge in [-0.15, -0.1) is 0 Å². The Bertz CT molecular complexity index is 598. The van der Waals surface area contributed by atoms with Gasteiger partial charge < -0.3 is 15.1 Å². The van der Waals surface area contributed by atoms with Crippen molar-refractivity contribution in [2.45, 2.75) is 117 Å². The van der Waals surface area contributed by atoms with Crippen molar-refractivity contribution in [3.05, 3.63) is 23.3 Å². The number of unbranched alkanes of at least 4 members (excludes halogenated alkanes) is 10. The van der Waals surface area contributed by atoms with Gasteiger partial charge in [0.25, 0.3) is 0 Å². The maximum absolute atomic E-state index is 10.6. The molecule has 0 radical (unpaired) electrons. The molecule has 0 heterocycles. The molecule has 0 unspecified atom stereocenters. The van der Waals surface area contributed by atoms with Gasteiger partial charge in [-0.1, -0.05) is 90.1 Å². The predicted molar refractivity (Wildman–Crippen MR) is 127 cm³/mol. The van der Waals surface area contributed by atoms with Crippen molar-refractivity contribution in [3.63, 3.8) is 0 Å². The first kappa shape index (κ1) is 26.3. The van der Waals surface area contributed by atoms with Crippen LogP contribution in [0.4, 0.5) is 0 Å². The van der Waals surface area contributed by atoms with E-state index in [1.54, 1.807) is 6.07 Å². The molecule has 0 saturated carbocycles. The van der Waals surface area contributed by atoms with Crippen LogP contribution in [0.5, 0.6) is 11.5 Å². The molecule has 0 atom stereocenters. The van der Waals surface area contributed by atoms with Crippen LogP contribution in [0.15, 0.2) is 17.3 Å². The average Bonchev–Trinajstić information content (AvgIpc) is 2.75. The van der Waals surface area contributed by atoms with Crippen molar-refractivity contribution < 1.29 is 15.1 Å². The zero-order valence-electron chi connectivity index (χ0n) is 19.7. The van der Waals surface area contributed by atoms with Gasteiger partial charge in [0.05, 0.1) is 12.3 Å². The highest BCUT2D eigenvalue weighted by atomic mass is 16.5. The lowest BCUT2D eigenvalue weighted by Crippen LogP contribution is -2.06. The van der Waals surface area contributed by atoms with Gasteiger partial charge >= 0.3 is 0 Å². The van der Waals surface area contributed by atoms with Crippen LogP contribution < -0.4 is 4.74 Å². The van der Waals surface area contributed by atoms with E-state index in [1.807, 2.05) is 6.07 Å². The van der Waals surface area contributed by atoms with Gasteiger partial charge in [0.2, 0.25) is 0 Å². The summed E-state index contributed by atoms with van der Waals surface area (Å²) in [6, 6.07) is 3.70. The molecule has 2 N–H and O–H groups in total. The van der Waals surface area contributed by atoms with Crippen LogP contribution >= 0.6 is 0 Å². The molecule has 0 aliphatic heterocycles. The zero-order chi connectivity index (χ0) is 22.0. The highest BCUT2D eigenvalue weighted by molar-refractivity contribution is 6.02. The van der Waals surface area contributed by atoms with E-state index >= 15 is 0 Å². The zero-order valence-corrected chi connectivity index (χ0v) is 19.7. The number of phenolic OH excluding ortho intramolecular Hbond substituents is 1. The third-order valence-electron chi connectivity index (χ3n) is 5.68. The second kappa shape index (κ2) is 17.0. The highest BCUT2D eigenvalue weighted by Crippen LogP contribution is 2.31. The first-order valence-corrected chi connectivity index (χ1v) is 12.4. The number of hydrogen-bond acceptors (Lipinski definition) is 4. The summed E-state index contributed by atoms with van der Waals surface area (Å²) in [5.74, 6) is 0.920. The Balaban J connectivity index is 2.78. The minimum Gasteiger partial charge on any atom is -0.507 e. The third kappa shape index (κ3) is 10.4. The molecule has 1 rings (SSSR count). The first-order valence-electron chi connectivity index (χ1n) is 12.4. The van der Waals surface area contributed by atoms with Crippen molar-refractivity contribution >= 4 is 5.71 Å². The molecule has 0 saturated heterocycles. The van der Waals surface area contributed by atoms with Crippen LogP contribution in [0.3, 0.4) is 0 Å². The number of aryl methyl sites for hydroxylation is 1. The van der Waals surface area contributed by atoms with Crippen LogP contribution in [-0.2, 0) is 6.42 Å². The van der Waals surface area contributed by atoms with Crippen molar-refractivity contribution in [2.75, 3.05) is 6.61 Å². The average molecular weight is 420 g/mol. The number of hydrogen-bond donors (Lipinski definition) is 2. The molecule has 172 valence electrons. The fraction of sp³-hybridized carbons (Fsp3) is 0.731. The Labute approximate surface area is 184 Å². The summed E-state index contributed by atoms with van der Waals surface area (Å²) in [5, 5.41) is 23.8. The minimum absolute atomic E-state index is 0.148. The van der Waals surface area contributed by atoms with Crippen molar-refractivity contribution in [1.29, 1.82) is 0 Å². The van der Waals surface area contributed by atoms with Gasteiger partial charge in [0, 0.05) is 11.6 Å². The standard InChI is InChI=1S/C26H45NO3/c1-4-7-10-12-13-14-16-18-24(27-29)23-20-22(17-15-11-8-5-2)26(21-25(23)28)30-19-9-6-3/h20-21,28-29H,4-19H2,1-3H3. The molecule has 4 nitrogen and oxygen atoms in total. The quantitative estimate of drug-likeness (QED) is 0.110. The molecule has 0 aliphatic carbocycles. The fourth-order valence-electron chi connectivity index (χ4n) is 3.73. The first-order chi connectivity index (χ1) is 14.7.